The van der Waals surface area contributed by atoms with Gasteiger partial charge in [0, 0.05) is 6.04 Å². The molecule has 1 heterocycles. The maximum absolute atomic E-state index is 12.1. The SMILES string of the molecule is C#CC(C)(C)NC(=O)C1COCC1NCCC. The number of hydrogen-bond donors (Lipinski definition) is 2. The molecule has 0 bridgehead atoms. The van der Waals surface area contributed by atoms with Gasteiger partial charge in [-0.2, -0.15) is 0 Å². The number of ether oxygens (including phenoxy) is 1. The lowest BCUT2D eigenvalue weighted by Gasteiger charge is -2.24. The van der Waals surface area contributed by atoms with Gasteiger partial charge < -0.3 is 15.4 Å². The van der Waals surface area contributed by atoms with Crippen LogP contribution < -0.4 is 10.6 Å². The van der Waals surface area contributed by atoms with E-state index in [1.807, 2.05) is 13.8 Å². The normalized spacial score (nSPS) is 24.4. The van der Waals surface area contributed by atoms with Crippen molar-refractivity contribution >= 4 is 5.91 Å². The Hall–Kier alpha value is -1.05. The van der Waals surface area contributed by atoms with Gasteiger partial charge in [-0.05, 0) is 26.8 Å². The first-order chi connectivity index (χ1) is 8.00. The molecule has 0 aliphatic carbocycles. The van der Waals surface area contributed by atoms with Crippen molar-refractivity contribution in [3.05, 3.63) is 0 Å². The van der Waals surface area contributed by atoms with Gasteiger partial charge in [-0.3, -0.25) is 4.79 Å². The van der Waals surface area contributed by atoms with Crippen molar-refractivity contribution in [2.75, 3.05) is 19.8 Å². The van der Waals surface area contributed by atoms with Crippen LogP contribution in [0, 0.1) is 18.3 Å². The third-order valence-electron chi connectivity index (χ3n) is 2.87. The summed E-state index contributed by atoms with van der Waals surface area (Å²) >= 11 is 0. The highest BCUT2D eigenvalue weighted by Gasteiger charge is 2.35. The summed E-state index contributed by atoms with van der Waals surface area (Å²) in [6, 6.07) is 0.100. The maximum atomic E-state index is 12.1. The fraction of sp³-hybridized carbons (Fsp3) is 0.769. The molecule has 1 aliphatic heterocycles. The third kappa shape index (κ3) is 4.03. The first kappa shape index (κ1) is 14.0. The zero-order valence-electron chi connectivity index (χ0n) is 10.9. The van der Waals surface area contributed by atoms with Gasteiger partial charge in [0.2, 0.25) is 5.91 Å². The molecule has 96 valence electrons. The Labute approximate surface area is 103 Å². The average Bonchev–Trinajstić information content (AvgIpc) is 2.74. The molecule has 0 aromatic carbocycles. The highest BCUT2D eigenvalue weighted by Crippen LogP contribution is 2.15. The van der Waals surface area contributed by atoms with Crippen molar-refractivity contribution in [1.82, 2.24) is 10.6 Å². The van der Waals surface area contributed by atoms with Crippen LogP contribution >= 0.6 is 0 Å². The van der Waals surface area contributed by atoms with Gasteiger partial charge in [0.1, 0.15) is 0 Å². The Kier molecular flexibility index (Phi) is 4.98. The van der Waals surface area contributed by atoms with Gasteiger partial charge in [-0.15, -0.1) is 6.42 Å². The zero-order chi connectivity index (χ0) is 12.9. The number of rotatable bonds is 5. The van der Waals surface area contributed by atoms with Gasteiger partial charge in [0.15, 0.2) is 0 Å². The Morgan fingerprint density at radius 2 is 2.24 bits per heavy atom. The van der Waals surface area contributed by atoms with Gasteiger partial charge in [0.25, 0.3) is 0 Å². The highest BCUT2D eigenvalue weighted by molar-refractivity contribution is 5.81. The van der Waals surface area contributed by atoms with Gasteiger partial charge in [0.05, 0.1) is 24.7 Å². The van der Waals surface area contributed by atoms with Gasteiger partial charge in [-0.1, -0.05) is 12.8 Å². The molecule has 1 amide bonds. The minimum Gasteiger partial charge on any atom is -0.379 e. The fourth-order valence-corrected chi connectivity index (χ4v) is 1.78. The molecule has 1 aliphatic rings. The Morgan fingerprint density at radius 3 is 2.82 bits per heavy atom. The molecule has 0 radical (unpaired) electrons. The summed E-state index contributed by atoms with van der Waals surface area (Å²) in [5.41, 5.74) is -0.602. The molecule has 0 spiro atoms. The lowest BCUT2D eigenvalue weighted by Crippen LogP contribution is -2.50. The van der Waals surface area contributed by atoms with E-state index in [1.165, 1.54) is 0 Å². The molecule has 4 nitrogen and oxygen atoms in total. The van der Waals surface area contributed by atoms with E-state index in [0.29, 0.717) is 13.2 Å². The third-order valence-corrected chi connectivity index (χ3v) is 2.87. The molecular weight excluding hydrogens is 216 g/mol. The van der Waals surface area contributed by atoms with Gasteiger partial charge in [-0.25, -0.2) is 0 Å². The number of terminal acetylenes is 1. The minimum absolute atomic E-state index is 0.0287. The lowest BCUT2D eigenvalue weighted by atomic mass is 9.99. The Bertz CT molecular complexity index is 307. The van der Waals surface area contributed by atoms with E-state index < -0.39 is 5.54 Å². The Balaban J connectivity index is 2.53. The summed E-state index contributed by atoms with van der Waals surface area (Å²) in [7, 11) is 0. The number of hydrogen-bond acceptors (Lipinski definition) is 3. The molecule has 0 aromatic heterocycles. The van der Waals surface area contributed by atoms with Crippen LogP contribution in [0.2, 0.25) is 0 Å². The van der Waals surface area contributed by atoms with Crippen LogP contribution in [0.15, 0.2) is 0 Å². The topological polar surface area (TPSA) is 50.4 Å². The molecule has 17 heavy (non-hydrogen) atoms. The quantitative estimate of drug-likeness (QED) is 0.687. The highest BCUT2D eigenvalue weighted by atomic mass is 16.5. The first-order valence-corrected chi connectivity index (χ1v) is 6.11. The van der Waals surface area contributed by atoms with Gasteiger partial charge >= 0.3 is 0 Å². The van der Waals surface area contributed by atoms with Crippen molar-refractivity contribution in [2.45, 2.75) is 38.8 Å². The molecule has 2 unspecified atom stereocenters. The number of nitrogens with one attached hydrogen (secondary N) is 2. The van der Waals surface area contributed by atoms with Crippen LogP contribution in [0.1, 0.15) is 27.2 Å². The largest absolute Gasteiger partial charge is 0.379 e. The smallest absolute Gasteiger partial charge is 0.228 e. The van der Waals surface area contributed by atoms with E-state index in [0.717, 1.165) is 13.0 Å². The monoisotopic (exact) mass is 238 g/mol. The van der Waals surface area contributed by atoms with E-state index >= 15 is 0 Å². The first-order valence-electron chi connectivity index (χ1n) is 6.11. The van der Waals surface area contributed by atoms with Crippen LogP contribution in [0.3, 0.4) is 0 Å². The molecule has 1 saturated heterocycles. The second kappa shape index (κ2) is 6.04. The molecule has 0 aromatic rings. The van der Waals surface area contributed by atoms with Crippen molar-refractivity contribution in [3.8, 4) is 12.3 Å². The van der Waals surface area contributed by atoms with E-state index in [2.05, 4.69) is 23.5 Å². The average molecular weight is 238 g/mol. The predicted octanol–water partition coefficient (Wildman–Crippen LogP) is 0.529. The summed E-state index contributed by atoms with van der Waals surface area (Å²) in [4.78, 5) is 12.1. The fourth-order valence-electron chi connectivity index (χ4n) is 1.78. The minimum atomic E-state index is -0.602. The van der Waals surface area contributed by atoms with Crippen LogP contribution in [-0.4, -0.2) is 37.2 Å². The number of amides is 1. The molecule has 2 N–H and O–H groups in total. The second-order valence-corrected chi connectivity index (χ2v) is 4.96. The molecule has 0 saturated carbocycles. The molecule has 4 heteroatoms. The number of carbonyl (C=O) groups is 1. The standard InChI is InChI=1S/C13H22N2O2/c1-5-7-14-11-9-17-8-10(11)12(16)15-13(3,4)6-2/h2,10-11,14H,5,7-9H2,1,3-4H3,(H,15,16). The summed E-state index contributed by atoms with van der Waals surface area (Å²) in [5.74, 6) is 2.39. The number of carbonyl (C=O) groups excluding carboxylic acids is 1. The van der Waals surface area contributed by atoms with Crippen LogP contribution in [0.5, 0.6) is 0 Å². The summed E-state index contributed by atoms with van der Waals surface area (Å²) < 4.78 is 5.36. The van der Waals surface area contributed by atoms with Crippen molar-refractivity contribution in [2.24, 2.45) is 5.92 Å². The van der Waals surface area contributed by atoms with Crippen LogP contribution in [0.4, 0.5) is 0 Å². The molecular formula is C13H22N2O2. The maximum Gasteiger partial charge on any atom is 0.228 e. The van der Waals surface area contributed by atoms with Crippen LogP contribution in [0.25, 0.3) is 0 Å². The van der Waals surface area contributed by atoms with E-state index in [9.17, 15) is 4.79 Å². The predicted molar refractivity (Wildman–Crippen MR) is 67.4 cm³/mol. The summed E-state index contributed by atoms with van der Waals surface area (Å²) in [6.45, 7) is 7.68. The zero-order valence-corrected chi connectivity index (χ0v) is 10.9. The Morgan fingerprint density at radius 1 is 1.53 bits per heavy atom. The van der Waals surface area contributed by atoms with Crippen molar-refractivity contribution in [1.29, 1.82) is 0 Å². The summed E-state index contributed by atoms with van der Waals surface area (Å²) in [5, 5.41) is 6.19. The molecule has 1 fully saturated rings. The van der Waals surface area contributed by atoms with E-state index in [4.69, 9.17) is 11.2 Å². The molecule has 1 rings (SSSR count). The second-order valence-electron chi connectivity index (χ2n) is 4.96. The molecule has 2 atom stereocenters. The van der Waals surface area contributed by atoms with Crippen LogP contribution in [-0.2, 0) is 9.53 Å². The van der Waals surface area contributed by atoms with E-state index in [-0.39, 0.29) is 17.9 Å². The van der Waals surface area contributed by atoms with Crippen molar-refractivity contribution < 1.29 is 9.53 Å². The lowest BCUT2D eigenvalue weighted by molar-refractivity contribution is -0.126. The van der Waals surface area contributed by atoms with E-state index in [1.54, 1.807) is 0 Å². The van der Waals surface area contributed by atoms with Crippen molar-refractivity contribution in [3.63, 3.8) is 0 Å². The summed E-state index contributed by atoms with van der Waals surface area (Å²) in [6.07, 6.45) is 6.40.